The summed E-state index contributed by atoms with van der Waals surface area (Å²) in [5.74, 6) is 0.0764. The topological polar surface area (TPSA) is 107 Å². The quantitative estimate of drug-likeness (QED) is 0.237. The molecular formula is C24H23IO7S. The van der Waals surface area contributed by atoms with Gasteiger partial charge in [0.2, 0.25) is 0 Å². The molecule has 2 aromatic rings. The van der Waals surface area contributed by atoms with E-state index < -0.39 is 21.1 Å². The van der Waals surface area contributed by atoms with Crippen molar-refractivity contribution in [3.05, 3.63) is 57.7 Å². The van der Waals surface area contributed by atoms with Crippen LogP contribution in [0, 0.1) is 20.8 Å². The average molecular weight is 582 g/mol. The molecule has 0 spiro atoms. The van der Waals surface area contributed by atoms with Crippen LogP contribution < -0.4 is 4.74 Å². The van der Waals surface area contributed by atoms with E-state index in [1.54, 1.807) is 12.1 Å². The highest BCUT2D eigenvalue weighted by atomic mass is 127. The lowest BCUT2D eigenvalue weighted by atomic mass is 9.48. The number of carbonyl (C=O) groups excluding carboxylic acids is 2. The van der Waals surface area contributed by atoms with E-state index in [2.05, 4.69) is 22.6 Å². The van der Waals surface area contributed by atoms with E-state index in [0.29, 0.717) is 36.7 Å². The summed E-state index contributed by atoms with van der Waals surface area (Å²) < 4.78 is 44.4. The summed E-state index contributed by atoms with van der Waals surface area (Å²) in [6.07, 6.45) is 4.39. The first-order valence-corrected chi connectivity index (χ1v) is 13.4. The molecular weight excluding hydrogens is 559 g/mol. The molecule has 2 atom stereocenters. The normalized spacial score (nSPS) is 30.1. The summed E-state index contributed by atoms with van der Waals surface area (Å²) in [5, 5.41) is 0. The zero-order valence-corrected chi connectivity index (χ0v) is 20.7. The Kier molecular flexibility index (Phi) is 5.56. The molecule has 2 aromatic carbocycles. The van der Waals surface area contributed by atoms with Gasteiger partial charge < -0.3 is 9.47 Å². The van der Waals surface area contributed by atoms with Crippen molar-refractivity contribution in [1.29, 1.82) is 0 Å². The van der Waals surface area contributed by atoms with E-state index in [9.17, 15) is 18.0 Å². The molecule has 2 unspecified atom stereocenters. The van der Waals surface area contributed by atoms with Crippen molar-refractivity contribution in [3.8, 4) is 5.75 Å². The Balaban J connectivity index is 1.36. The van der Waals surface area contributed by atoms with Gasteiger partial charge in [0.05, 0.1) is 15.9 Å². The van der Waals surface area contributed by atoms with Crippen molar-refractivity contribution in [2.24, 2.45) is 17.3 Å². The van der Waals surface area contributed by atoms with Gasteiger partial charge in [0.1, 0.15) is 11.4 Å². The van der Waals surface area contributed by atoms with Crippen LogP contribution in [0.5, 0.6) is 5.75 Å². The minimum absolute atomic E-state index is 0.216. The Morgan fingerprint density at radius 3 is 2.27 bits per heavy atom. The van der Waals surface area contributed by atoms with Crippen LogP contribution in [0.4, 0.5) is 0 Å². The first-order valence-electron chi connectivity index (χ1n) is 10.8. The van der Waals surface area contributed by atoms with Gasteiger partial charge in [0, 0.05) is 9.99 Å². The molecule has 0 radical (unpaired) electrons. The lowest BCUT2D eigenvalue weighted by molar-refractivity contribution is -0.189. The van der Waals surface area contributed by atoms with Gasteiger partial charge in [-0.3, -0.25) is 9.35 Å². The second-order valence-electron chi connectivity index (χ2n) is 9.66. The molecule has 4 aliphatic carbocycles. The molecule has 0 amide bonds. The first-order chi connectivity index (χ1) is 15.6. The van der Waals surface area contributed by atoms with E-state index in [-0.39, 0.29) is 22.6 Å². The predicted molar refractivity (Wildman–Crippen MR) is 126 cm³/mol. The van der Waals surface area contributed by atoms with Crippen molar-refractivity contribution in [2.75, 3.05) is 0 Å². The maximum Gasteiger partial charge on any atom is 0.338 e. The Bertz CT molecular complexity index is 1210. The maximum atomic E-state index is 13.4. The third-order valence-corrected chi connectivity index (χ3v) is 8.68. The number of rotatable bonds is 5. The standard InChI is InChI=1S/C24H23IO7S/c25-18-3-1-2-17(9-18)21(26)32-24-12-15-8-16(13-24)11-23(10-15,14-24)22(27)31-19-4-6-20(7-5-19)33(28,29)30/h1-7,9,15-16H,8,10-14H2,(H,28,29,30). The molecule has 7 nitrogen and oxygen atoms in total. The highest BCUT2D eigenvalue weighted by molar-refractivity contribution is 14.1. The van der Waals surface area contributed by atoms with Crippen LogP contribution in [-0.4, -0.2) is 30.5 Å². The average Bonchev–Trinajstić information content (AvgIpc) is 2.72. The van der Waals surface area contributed by atoms with Crippen LogP contribution in [0.2, 0.25) is 0 Å². The largest absolute Gasteiger partial charge is 0.455 e. The number of halogens is 1. The van der Waals surface area contributed by atoms with Gasteiger partial charge in [-0.25, -0.2) is 4.79 Å². The van der Waals surface area contributed by atoms with E-state index in [0.717, 1.165) is 22.8 Å². The molecule has 4 bridgehead atoms. The number of ether oxygens (including phenoxy) is 2. The molecule has 33 heavy (non-hydrogen) atoms. The summed E-state index contributed by atoms with van der Waals surface area (Å²) in [6.45, 7) is 0. The van der Waals surface area contributed by atoms with Crippen molar-refractivity contribution >= 4 is 44.6 Å². The molecule has 4 saturated carbocycles. The zero-order chi connectivity index (χ0) is 23.4. The fourth-order valence-corrected chi connectivity index (χ4v) is 7.33. The number of hydrogen-bond donors (Lipinski definition) is 1. The van der Waals surface area contributed by atoms with E-state index in [1.807, 2.05) is 12.1 Å². The summed E-state index contributed by atoms with van der Waals surface area (Å²) in [4.78, 5) is 26.0. The molecule has 4 aliphatic rings. The minimum atomic E-state index is -4.32. The van der Waals surface area contributed by atoms with Gasteiger partial charge in [0.25, 0.3) is 10.1 Å². The second-order valence-corrected chi connectivity index (χ2v) is 12.3. The van der Waals surface area contributed by atoms with Gasteiger partial charge in [-0.15, -0.1) is 0 Å². The van der Waals surface area contributed by atoms with Crippen LogP contribution in [0.25, 0.3) is 0 Å². The molecule has 174 valence electrons. The van der Waals surface area contributed by atoms with E-state index >= 15 is 0 Å². The van der Waals surface area contributed by atoms with Gasteiger partial charge in [-0.2, -0.15) is 8.42 Å². The summed E-state index contributed by atoms with van der Waals surface area (Å²) in [7, 11) is -4.32. The second kappa shape index (κ2) is 8.06. The molecule has 0 aliphatic heterocycles. The van der Waals surface area contributed by atoms with Crippen LogP contribution in [0.3, 0.4) is 0 Å². The fraction of sp³-hybridized carbons (Fsp3) is 0.417. The molecule has 0 aromatic heterocycles. The number of benzene rings is 2. The number of hydrogen-bond acceptors (Lipinski definition) is 6. The monoisotopic (exact) mass is 582 g/mol. The van der Waals surface area contributed by atoms with Gasteiger partial charge >= 0.3 is 11.9 Å². The number of carbonyl (C=O) groups is 2. The number of esters is 2. The van der Waals surface area contributed by atoms with Crippen LogP contribution >= 0.6 is 22.6 Å². The Morgan fingerprint density at radius 1 is 1.00 bits per heavy atom. The fourth-order valence-electron chi connectivity index (χ4n) is 6.30. The van der Waals surface area contributed by atoms with Crippen LogP contribution in [-0.2, 0) is 19.6 Å². The molecule has 6 rings (SSSR count). The third-order valence-electron chi connectivity index (χ3n) is 7.14. The molecule has 9 heteroatoms. The lowest BCUT2D eigenvalue weighted by Gasteiger charge is -2.59. The highest BCUT2D eigenvalue weighted by Gasteiger charge is 2.63. The molecule has 0 saturated heterocycles. The molecule has 1 N–H and O–H groups in total. The van der Waals surface area contributed by atoms with Crippen LogP contribution in [0.15, 0.2) is 53.4 Å². The zero-order valence-electron chi connectivity index (χ0n) is 17.7. The van der Waals surface area contributed by atoms with Crippen molar-refractivity contribution in [2.45, 2.75) is 49.0 Å². The Morgan fingerprint density at radius 2 is 1.67 bits per heavy atom. The van der Waals surface area contributed by atoms with Gasteiger partial charge in [-0.1, -0.05) is 6.07 Å². The summed E-state index contributed by atoms with van der Waals surface area (Å²) in [5.41, 5.74) is -0.888. The SMILES string of the molecule is O=C(OC12CC3CC(C1)CC(C(=O)Oc1ccc(S(=O)(=O)O)cc1)(C3)C2)c1cccc(I)c1. The summed E-state index contributed by atoms with van der Waals surface area (Å²) >= 11 is 2.16. The first kappa shape index (κ1) is 22.8. The minimum Gasteiger partial charge on any atom is -0.455 e. The Labute approximate surface area is 205 Å². The third kappa shape index (κ3) is 4.42. The van der Waals surface area contributed by atoms with Crippen LogP contribution in [0.1, 0.15) is 48.9 Å². The molecule has 4 fully saturated rings. The van der Waals surface area contributed by atoms with Crippen molar-refractivity contribution in [1.82, 2.24) is 0 Å². The smallest absolute Gasteiger partial charge is 0.338 e. The van der Waals surface area contributed by atoms with Gasteiger partial charge in [-0.05, 0) is 109 Å². The predicted octanol–water partition coefficient (Wildman–Crippen LogP) is 4.64. The maximum absolute atomic E-state index is 13.4. The van der Waals surface area contributed by atoms with Gasteiger partial charge in [0.15, 0.2) is 0 Å². The summed E-state index contributed by atoms with van der Waals surface area (Å²) in [6, 6.07) is 12.4. The highest BCUT2D eigenvalue weighted by Crippen LogP contribution is 2.63. The van der Waals surface area contributed by atoms with Crippen molar-refractivity contribution < 1.29 is 32.0 Å². The van der Waals surface area contributed by atoms with E-state index in [4.69, 9.17) is 14.0 Å². The molecule has 0 heterocycles. The lowest BCUT2D eigenvalue weighted by Crippen LogP contribution is -2.60. The Hall–Kier alpha value is -1.98. The van der Waals surface area contributed by atoms with Crippen molar-refractivity contribution in [3.63, 3.8) is 0 Å². The van der Waals surface area contributed by atoms with E-state index in [1.165, 1.54) is 24.3 Å².